The van der Waals surface area contributed by atoms with Crippen molar-refractivity contribution in [2.75, 3.05) is 0 Å². The van der Waals surface area contributed by atoms with E-state index in [1.165, 1.54) is 31.4 Å². The third-order valence-corrected chi connectivity index (χ3v) is 3.55. The van der Waals surface area contributed by atoms with Crippen LogP contribution in [0, 0.1) is 13.8 Å². The number of ketones is 1. The fourth-order valence-corrected chi connectivity index (χ4v) is 2.86. The molecule has 0 N–H and O–H groups in total. The highest BCUT2D eigenvalue weighted by Crippen LogP contribution is 2.33. The number of hydrogen-bond acceptors (Lipinski definition) is 1. The Morgan fingerprint density at radius 3 is 2.40 bits per heavy atom. The van der Waals surface area contributed by atoms with Crippen LogP contribution in [0.1, 0.15) is 60.4 Å². The minimum atomic E-state index is 0.187. The lowest BCUT2D eigenvalue weighted by Gasteiger charge is -2.17. The molecule has 0 saturated heterocycles. The molecule has 0 radical (unpaired) electrons. The summed E-state index contributed by atoms with van der Waals surface area (Å²) >= 11 is 0. The molecule has 2 rings (SSSR count). The van der Waals surface area contributed by atoms with Crippen molar-refractivity contribution in [2.24, 2.45) is 0 Å². The standard InChI is InChI=1S/C13H19NO/c1-9-8-13(11(3)15)10(2)14(9)12-6-4-5-7-12/h8,12H,4-7H2,1-3H3. The molecule has 1 saturated carbocycles. The smallest absolute Gasteiger partial charge is 0.161 e. The van der Waals surface area contributed by atoms with Gasteiger partial charge >= 0.3 is 0 Å². The van der Waals surface area contributed by atoms with Gasteiger partial charge in [0.05, 0.1) is 0 Å². The van der Waals surface area contributed by atoms with Gasteiger partial charge in [-0.25, -0.2) is 0 Å². The molecular formula is C13H19NO. The lowest BCUT2D eigenvalue weighted by Crippen LogP contribution is -2.09. The van der Waals surface area contributed by atoms with Gasteiger partial charge in [0.1, 0.15) is 0 Å². The summed E-state index contributed by atoms with van der Waals surface area (Å²) in [5, 5.41) is 0. The van der Waals surface area contributed by atoms with Gasteiger partial charge in [0, 0.05) is 23.0 Å². The largest absolute Gasteiger partial charge is 0.345 e. The zero-order valence-corrected chi connectivity index (χ0v) is 9.84. The average molecular weight is 205 g/mol. The van der Waals surface area contributed by atoms with E-state index in [0.29, 0.717) is 6.04 Å². The number of hydrogen-bond donors (Lipinski definition) is 0. The Labute approximate surface area is 91.3 Å². The first-order valence-corrected chi connectivity index (χ1v) is 5.80. The molecule has 2 heteroatoms. The highest BCUT2D eigenvalue weighted by atomic mass is 16.1. The van der Waals surface area contributed by atoms with Gasteiger partial charge in [-0.2, -0.15) is 0 Å². The number of carbonyl (C=O) groups excluding carboxylic acids is 1. The van der Waals surface area contributed by atoms with Gasteiger partial charge in [0.15, 0.2) is 5.78 Å². The Morgan fingerprint density at radius 1 is 1.33 bits per heavy atom. The van der Waals surface area contributed by atoms with E-state index in [1.54, 1.807) is 6.92 Å². The summed E-state index contributed by atoms with van der Waals surface area (Å²) < 4.78 is 2.36. The van der Waals surface area contributed by atoms with Crippen LogP contribution in [0.15, 0.2) is 6.07 Å². The number of rotatable bonds is 2. The molecule has 82 valence electrons. The van der Waals surface area contributed by atoms with E-state index in [1.807, 2.05) is 6.07 Å². The number of aromatic nitrogens is 1. The summed E-state index contributed by atoms with van der Waals surface area (Å²) in [7, 11) is 0. The van der Waals surface area contributed by atoms with Gasteiger partial charge < -0.3 is 4.57 Å². The van der Waals surface area contributed by atoms with E-state index in [0.717, 1.165) is 11.3 Å². The van der Waals surface area contributed by atoms with E-state index in [9.17, 15) is 4.79 Å². The Balaban J connectivity index is 2.42. The highest BCUT2D eigenvalue weighted by Gasteiger charge is 2.22. The maximum Gasteiger partial charge on any atom is 0.161 e. The lowest BCUT2D eigenvalue weighted by atomic mass is 10.2. The number of aryl methyl sites for hydroxylation is 1. The summed E-state index contributed by atoms with van der Waals surface area (Å²) in [6, 6.07) is 2.67. The molecular weight excluding hydrogens is 186 g/mol. The Bertz CT molecular complexity index is 383. The van der Waals surface area contributed by atoms with Crippen LogP contribution in [0.4, 0.5) is 0 Å². The molecule has 0 aliphatic heterocycles. The summed E-state index contributed by atoms with van der Waals surface area (Å²) in [4.78, 5) is 11.4. The molecule has 0 atom stereocenters. The summed E-state index contributed by atoms with van der Waals surface area (Å²) in [5.41, 5.74) is 3.30. The van der Waals surface area contributed by atoms with Gasteiger partial charge in [0.2, 0.25) is 0 Å². The van der Waals surface area contributed by atoms with Gasteiger partial charge in [-0.15, -0.1) is 0 Å². The predicted octanol–water partition coefficient (Wildman–Crippen LogP) is 3.42. The molecule has 0 aromatic carbocycles. The summed E-state index contributed by atoms with van der Waals surface area (Å²) in [6.45, 7) is 5.83. The molecule has 0 bridgehead atoms. The molecule has 1 aliphatic carbocycles. The molecule has 1 heterocycles. The zero-order chi connectivity index (χ0) is 11.0. The van der Waals surface area contributed by atoms with Crippen LogP contribution < -0.4 is 0 Å². The topological polar surface area (TPSA) is 22.0 Å². The molecule has 1 aliphatic rings. The molecule has 0 spiro atoms. The molecule has 1 aromatic rings. The monoisotopic (exact) mass is 205 g/mol. The number of carbonyl (C=O) groups is 1. The quantitative estimate of drug-likeness (QED) is 0.678. The van der Waals surface area contributed by atoms with Crippen molar-refractivity contribution in [1.82, 2.24) is 4.57 Å². The van der Waals surface area contributed by atoms with Crippen molar-refractivity contribution < 1.29 is 4.79 Å². The second-order valence-corrected chi connectivity index (χ2v) is 4.65. The van der Waals surface area contributed by atoms with E-state index >= 15 is 0 Å². The van der Waals surface area contributed by atoms with Crippen molar-refractivity contribution in [3.63, 3.8) is 0 Å². The van der Waals surface area contributed by atoms with Crippen molar-refractivity contribution in [3.8, 4) is 0 Å². The SMILES string of the molecule is CC(=O)c1cc(C)n(C2CCCC2)c1C. The minimum Gasteiger partial charge on any atom is -0.345 e. The predicted molar refractivity (Wildman–Crippen MR) is 61.4 cm³/mol. The van der Waals surface area contributed by atoms with Crippen molar-refractivity contribution in [3.05, 3.63) is 23.0 Å². The molecule has 0 unspecified atom stereocenters. The Kier molecular flexibility index (Phi) is 2.68. The van der Waals surface area contributed by atoms with Gasteiger partial charge in [-0.05, 0) is 39.7 Å². The maximum atomic E-state index is 11.4. The summed E-state index contributed by atoms with van der Waals surface area (Å²) in [6.07, 6.45) is 5.20. The molecule has 1 fully saturated rings. The van der Waals surface area contributed by atoms with E-state index in [-0.39, 0.29) is 5.78 Å². The second kappa shape index (κ2) is 3.84. The van der Waals surface area contributed by atoms with Crippen LogP contribution in [-0.4, -0.2) is 10.4 Å². The van der Waals surface area contributed by atoms with E-state index in [2.05, 4.69) is 18.4 Å². The first-order chi connectivity index (χ1) is 7.11. The number of Topliss-reactive ketones (excluding diaryl/α,β-unsaturated/α-hetero) is 1. The highest BCUT2D eigenvalue weighted by molar-refractivity contribution is 5.95. The van der Waals surface area contributed by atoms with Gasteiger partial charge in [0.25, 0.3) is 0 Å². The zero-order valence-electron chi connectivity index (χ0n) is 9.84. The Hall–Kier alpha value is -1.05. The van der Waals surface area contributed by atoms with Crippen LogP contribution >= 0.6 is 0 Å². The Morgan fingerprint density at radius 2 is 1.93 bits per heavy atom. The molecule has 2 nitrogen and oxygen atoms in total. The third kappa shape index (κ3) is 1.73. The van der Waals surface area contributed by atoms with E-state index < -0.39 is 0 Å². The lowest BCUT2D eigenvalue weighted by molar-refractivity contribution is 0.101. The fourth-order valence-electron chi connectivity index (χ4n) is 2.86. The molecule has 0 amide bonds. The van der Waals surface area contributed by atoms with Crippen molar-refractivity contribution >= 4 is 5.78 Å². The van der Waals surface area contributed by atoms with Crippen molar-refractivity contribution in [2.45, 2.75) is 52.5 Å². The average Bonchev–Trinajstić information content (AvgIpc) is 2.73. The van der Waals surface area contributed by atoms with E-state index in [4.69, 9.17) is 0 Å². The van der Waals surface area contributed by atoms with Gasteiger partial charge in [-0.3, -0.25) is 4.79 Å². The van der Waals surface area contributed by atoms with Crippen LogP contribution in [0.3, 0.4) is 0 Å². The van der Waals surface area contributed by atoms with Crippen LogP contribution in [0.25, 0.3) is 0 Å². The van der Waals surface area contributed by atoms with Crippen molar-refractivity contribution in [1.29, 1.82) is 0 Å². The first-order valence-electron chi connectivity index (χ1n) is 5.80. The normalized spacial score (nSPS) is 17.3. The second-order valence-electron chi connectivity index (χ2n) is 4.65. The molecule has 15 heavy (non-hydrogen) atoms. The van der Waals surface area contributed by atoms with Gasteiger partial charge in [-0.1, -0.05) is 12.8 Å². The van der Waals surface area contributed by atoms with Crippen LogP contribution in [0.2, 0.25) is 0 Å². The number of nitrogens with zero attached hydrogens (tertiary/aromatic N) is 1. The maximum absolute atomic E-state index is 11.4. The molecule has 1 aromatic heterocycles. The minimum absolute atomic E-state index is 0.187. The third-order valence-electron chi connectivity index (χ3n) is 3.55. The fraction of sp³-hybridized carbons (Fsp3) is 0.615. The first kappa shape index (κ1) is 10.5. The van der Waals surface area contributed by atoms with Crippen LogP contribution in [-0.2, 0) is 0 Å². The van der Waals surface area contributed by atoms with Crippen LogP contribution in [0.5, 0.6) is 0 Å². The summed E-state index contributed by atoms with van der Waals surface area (Å²) in [5.74, 6) is 0.187.